The summed E-state index contributed by atoms with van der Waals surface area (Å²) in [4.78, 5) is 4.06. The van der Waals surface area contributed by atoms with Gasteiger partial charge in [-0.1, -0.05) is 0 Å². The molecular formula is C14H11BrN2O2. The van der Waals surface area contributed by atoms with Crippen molar-refractivity contribution in [3.63, 3.8) is 0 Å². The third-order valence-corrected chi connectivity index (χ3v) is 2.85. The van der Waals surface area contributed by atoms with Gasteiger partial charge in [0.15, 0.2) is 0 Å². The number of ether oxygens (including phenoxy) is 2. The number of rotatable bonds is 4. The number of pyridine rings is 1. The van der Waals surface area contributed by atoms with Crippen LogP contribution in [-0.4, -0.2) is 12.1 Å². The zero-order valence-corrected chi connectivity index (χ0v) is 11.8. The zero-order valence-electron chi connectivity index (χ0n) is 10.3. The smallest absolute Gasteiger partial charge is 0.124 e. The molecule has 2 rings (SSSR count). The highest BCUT2D eigenvalue weighted by atomic mass is 79.9. The van der Waals surface area contributed by atoms with Crippen LogP contribution in [-0.2, 0) is 6.61 Å². The maximum Gasteiger partial charge on any atom is 0.124 e. The van der Waals surface area contributed by atoms with E-state index < -0.39 is 0 Å². The van der Waals surface area contributed by atoms with E-state index in [1.54, 1.807) is 37.7 Å². The van der Waals surface area contributed by atoms with Gasteiger partial charge in [-0.3, -0.25) is 4.98 Å². The lowest BCUT2D eigenvalue weighted by molar-refractivity contribution is 0.303. The maximum absolute atomic E-state index is 8.93. The molecule has 0 atom stereocenters. The van der Waals surface area contributed by atoms with E-state index >= 15 is 0 Å². The van der Waals surface area contributed by atoms with E-state index in [1.165, 1.54) is 0 Å². The molecule has 0 bridgehead atoms. The predicted molar refractivity (Wildman–Crippen MR) is 74.0 cm³/mol. The fraction of sp³-hybridized carbons (Fsp3) is 0.143. The van der Waals surface area contributed by atoms with Crippen molar-refractivity contribution >= 4 is 15.9 Å². The molecule has 0 aliphatic carbocycles. The molecule has 96 valence electrons. The zero-order chi connectivity index (χ0) is 13.7. The Labute approximate surface area is 119 Å². The Morgan fingerprint density at radius 3 is 2.68 bits per heavy atom. The van der Waals surface area contributed by atoms with Crippen molar-refractivity contribution in [2.24, 2.45) is 0 Å². The van der Waals surface area contributed by atoms with Crippen molar-refractivity contribution in [3.05, 3.63) is 52.3 Å². The van der Waals surface area contributed by atoms with E-state index in [9.17, 15) is 0 Å². The molecule has 0 saturated heterocycles. The average molecular weight is 319 g/mol. The third kappa shape index (κ3) is 3.70. The number of nitrogens with zero attached hydrogens (tertiary/aromatic N) is 2. The number of halogens is 1. The molecule has 0 N–H and O–H groups in total. The molecule has 0 fully saturated rings. The molecule has 0 spiro atoms. The maximum atomic E-state index is 8.93. The first-order valence-electron chi connectivity index (χ1n) is 5.52. The molecule has 4 nitrogen and oxygen atoms in total. The van der Waals surface area contributed by atoms with Gasteiger partial charge in [-0.2, -0.15) is 5.26 Å². The minimum absolute atomic E-state index is 0.379. The second-order valence-corrected chi connectivity index (χ2v) is 4.72. The van der Waals surface area contributed by atoms with Crippen molar-refractivity contribution in [1.29, 1.82) is 5.26 Å². The van der Waals surface area contributed by atoms with Crippen molar-refractivity contribution in [1.82, 2.24) is 4.98 Å². The fourth-order valence-corrected chi connectivity index (χ4v) is 1.95. The van der Waals surface area contributed by atoms with Gasteiger partial charge in [-0.05, 0) is 34.1 Å². The van der Waals surface area contributed by atoms with Gasteiger partial charge in [0.25, 0.3) is 0 Å². The molecular weight excluding hydrogens is 308 g/mol. The van der Waals surface area contributed by atoms with Crippen LogP contribution in [0, 0.1) is 11.3 Å². The minimum Gasteiger partial charge on any atom is -0.497 e. The minimum atomic E-state index is 0.379. The molecule has 1 aromatic heterocycles. The lowest BCUT2D eigenvalue weighted by Gasteiger charge is -2.08. The summed E-state index contributed by atoms with van der Waals surface area (Å²) in [6, 6.07) is 9.08. The molecule has 5 heteroatoms. The summed E-state index contributed by atoms with van der Waals surface area (Å²) in [5, 5.41) is 8.93. The topological polar surface area (TPSA) is 55.1 Å². The van der Waals surface area contributed by atoms with Crippen LogP contribution in [0.1, 0.15) is 11.1 Å². The molecule has 2 aromatic rings. The summed E-state index contributed by atoms with van der Waals surface area (Å²) in [6.45, 7) is 0.379. The van der Waals surface area contributed by atoms with Crippen LogP contribution >= 0.6 is 15.9 Å². The average Bonchev–Trinajstić information content (AvgIpc) is 2.44. The van der Waals surface area contributed by atoms with E-state index in [0.717, 1.165) is 10.0 Å². The highest BCUT2D eigenvalue weighted by molar-refractivity contribution is 9.10. The van der Waals surface area contributed by atoms with Crippen molar-refractivity contribution in [2.45, 2.75) is 6.61 Å². The number of hydrogen-bond donors (Lipinski definition) is 0. The summed E-state index contributed by atoms with van der Waals surface area (Å²) in [7, 11) is 1.55. The van der Waals surface area contributed by atoms with Gasteiger partial charge < -0.3 is 9.47 Å². The molecule has 0 aliphatic rings. The number of aromatic nitrogens is 1. The predicted octanol–water partition coefficient (Wildman–Crippen LogP) is 3.30. The highest BCUT2D eigenvalue weighted by Gasteiger charge is 2.03. The highest BCUT2D eigenvalue weighted by Crippen LogP contribution is 2.23. The van der Waals surface area contributed by atoms with Gasteiger partial charge in [-0.15, -0.1) is 0 Å². The van der Waals surface area contributed by atoms with Crippen molar-refractivity contribution in [2.75, 3.05) is 7.11 Å². The SMILES string of the molecule is COc1cc(C#N)cc(OCc2cncc(Br)c2)c1. The molecule has 0 aliphatic heterocycles. The normalized spacial score (nSPS) is 9.74. The van der Waals surface area contributed by atoms with Crippen molar-refractivity contribution < 1.29 is 9.47 Å². The Morgan fingerprint density at radius 2 is 2.00 bits per heavy atom. The Morgan fingerprint density at radius 1 is 1.21 bits per heavy atom. The van der Waals surface area contributed by atoms with Gasteiger partial charge in [0.05, 0.1) is 18.7 Å². The molecule has 1 aromatic carbocycles. The third-order valence-electron chi connectivity index (χ3n) is 2.41. The Balaban J connectivity index is 2.13. The fourth-order valence-electron chi connectivity index (χ4n) is 1.54. The van der Waals surface area contributed by atoms with Gasteiger partial charge in [0.2, 0.25) is 0 Å². The van der Waals surface area contributed by atoms with E-state index in [1.807, 2.05) is 6.07 Å². The number of nitriles is 1. The summed E-state index contributed by atoms with van der Waals surface area (Å²) in [5.74, 6) is 1.19. The van der Waals surface area contributed by atoms with Crippen LogP contribution in [0.15, 0.2) is 41.1 Å². The summed E-state index contributed by atoms with van der Waals surface area (Å²) >= 11 is 3.35. The lowest BCUT2D eigenvalue weighted by Crippen LogP contribution is -1.97. The second kappa shape index (κ2) is 6.21. The Kier molecular flexibility index (Phi) is 4.37. The van der Waals surface area contributed by atoms with Crippen LogP contribution in [0.25, 0.3) is 0 Å². The quantitative estimate of drug-likeness (QED) is 0.867. The Bertz CT molecular complexity index is 623. The number of methoxy groups -OCH3 is 1. The molecule has 0 radical (unpaired) electrons. The van der Waals surface area contributed by atoms with Gasteiger partial charge in [0.1, 0.15) is 18.1 Å². The summed E-state index contributed by atoms with van der Waals surface area (Å²) in [5.41, 5.74) is 1.44. The molecule has 1 heterocycles. The van der Waals surface area contributed by atoms with Crippen LogP contribution < -0.4 is 9.47 Å². The number of benzene rings is 1. The van der Waals surface area contributed by atoms with E-state index in [-0.39, 0.29) is 0 Å². The van der Waals surface area contributed by atoms with Gasteiger partial charge in [0, 0.05) is 28.5 Å². The second-order valence-electron chi connectivity index (χ2n) is 3.81. The first-order valence-corrected chi connectivity index (χ1v) is 6.32. The standard InChI is InChI=1S/C14H11BrN2O2/c1-18-13-3-10(6-16)4-14(5-13)19-9-11-2-12(15)8-17-7-11/h2-5,7-8H,9H2,1H3. The molecule has 0 unspecified atom stereocenters. The monoisotopic (exact) mass is 318 g/mol. The Hall–Kier alpha value is -2.06. The summed E-state index contributed by atoms with van der Waals surface area (Å²) in [6.07, 6.45) is 3.44. The van der Waals surface area contributed by atoms with E-state index in [2.05, 4.69) is 27.0 Å². The van der Waals surface area contributed by atoms with Gasteiger partial charge >= 0.3 is 0 Å². The van der Waals surface area contributed by atoms with Gasteiger partial charge in [-0.25, -0.2) is 0 Å². The molecule has 19 heavy (non-hydrogen) atoms. The molecule has 0 saturated carbocycles. The van der Waals surface area contributed by atoms with E-state index in [0.29, 0.717) is 23.7 Å². The lowest BCUT2D eigenvalue weighted by atomic mass is 10.2. The van der Waals surface area contributed by atoms with Crippen LogP contribution in [0.3, 0.4) is 0 Å². The van der Waals surface area contributed by atoms with E-state index in [4.69, 9.17) is 14.7 Å². The van der Waals surface area contributed by atoms with Crippen LogP contribution in [0.5, 0.6) is 11.5 Å². The summed E-state index contributed by atoms with van der Waals surface area (Å²) < 4.78 is 11.7. The van der Waals surface area contributed by atoms with Crippen molar-refractivity contribution in [3.8, 4) is 17.6 Å². The number of hydrogen-bond acceptors (Lipinski definition) is 4. The van der Waals surface area contributed by atoms with Crippen LogP contribution in [0.2, 0.25) is 0 Å². The first-order chi connectivity index (χ1) is 9.21. The first kappa shape index (κ1) is 13.4. The molecule has 0 amide bonds. The van der Waals surface area contributed by atoms with Crippen LogP contribution in [0.4, 0.5) is 0 Å². The largest absolute Gasteiger partial charge is 0.497 e.